The monoisotopic (exact) mass is 198 g/mol. The molecule has 0 saturated carbocycles. The van der Waals surface area contributed by atoms with Gasteiger partial charge in [-0.25, -0.2) is 9.59 Å². The van der Waals surface area contributed by atoms with Crippen molar-refractivity contribution in [3.63, 3.8) is 0 Å². The van der Waals surface area contributed by atoms with Crippen molar-refractivity contribution < 1.29 is 19.1 Å². The van der Waals surface area contributed by atoms with Crippen molar-refractivity contribution in [1.82, 2.24) is 10.2 Å². The number of H-pyrrole nitrogens is 1. The molecular formula is C8H10N2O4. The molecule has 0 unspecified atom stereocenters. The summed E-state index contributed by atoms with van der Waals surface area (Å²) in [5, 5.41) is 6.17. The van der Waals surface area contributed by atoms with E-state index in [1.165, 1.54) is 14.2 Å². The highest BCUT2D eigenvalue weighted by Gasteiger charge is 2.24. The van der Waals surface area contributed by atoms with Crippen LogP contribution in [0, 0.1) is 6.92 Å². The molecule has 1 N–H and O–H groups in total. The summed E-state index contributed by atoms with van der Waals surface area (Å²) in [6, 6.07) is 0. The zero-order valence-electron chi connectivity index (χ0n) is 8.08. The van der Waals surface area contributed by atoms with Gasteiger partial charge in [-0.3, -0.25) is 5.10 Å². The van der Waals surface area contributed by atoms with Crippen LogP contribution in [0.4, 0.5) is 0 Å². The lowest BCUT2D eigenvalue weighted by molar-refractivity contribution is 0.0551. The maximum absolute atomic E-state index is 11.2. The Morgan fingerprint density at radius 1 is 1.21 bits per heavy atom. The van der Waals surface area contributed by atoms with E-state index in [1.807, 2.05) is 0 Å². The second-order valence-corrected chi connectivity index (χ2v) is 2.56. The first-order valence-electron chi connectivity index (χ1n) is 3.83. The fraction of sp³-hybridized carbons (Fsp3) is 0.375. The Morgan fingerprint density at radius 2 is 1.79 bits per heavy atom. The van der Waals surface area contributed by atoms with Crippen molar-refractivity contribution in [3.05, 3.63) is 17.0 Å². The summed E-state index contributed by atoms with van der Waals surface area (Å²) in [6.45, 7) is 1.62. The highest BCUT2D eigenvalue weighted by molar-refractivity contribution is 6.02. The van der Waals surface area contributed by atoms with E-state index in [2.05, 4.69) is 19.7 Å². The van der Waals surface area contributed by atoms with Crippen LogP contribution in [0.2, 0.25) is 0 Å². The average molecular weight is 198 g/mol. The number of methoxy groups -OCH3 is 2. The lowest BCUT2D eigenvalue weighted by Crippen LogP contribution is -2.11. The quantitative estimate of drug-likeness (QED) is 0.691. The molecule has 1 heterocycles. The molecule has 1 rings (SSSR count). The minimum Gasteiger partial charge on any atom is -0.465 e. The Labute approximate surface area is 80.2 Å². The molecule has 14 heavy (non-hydrogen) atoms. The first-order chi connectivity index (χ1) is 6.61. The highest BCUT2D eigenvalue weighted by Crippen LogP contribution is 2.12. The number of carbonyl (C=O) groups is 2. The molecule has 0 aromatic carbocycles. The predicted octanol–water partition coefficient (Wildman–Crippen LogP) is 0.291. The fourth-order valence-corrected chi connectivity index (χ4v) is 1.03. The van der Waals surface area contributed by atoms with Gasteiger partial charge in [-0.1, -0.05) is 0 Å². The zero-order valence-corrected chi connectivity index (χ0v) is 8.08. The van der Waals surface area contributed by atoms with Crippen molar-refractivity contribution in [3.8, 4) is 0 Å². The summed E-state index contributed by atoms with van der Waals surface area (Å²) >= 11 is 0. The molecule has 0 amide bonds. The van der Waals surface area contributed by atoms with Gasteiger partial charge in [-0.05, 0) is 6.92 Å². The fourth-order valence-electron chi connectivity index (χ4n) is 1.03. The number of rotatable bonds is 2. The Kier molecular flexibility index (Phi) is 2.85. The molecule has 6 heteroatoms. The molecule has 1 aromatic heterocycles. The molecule has 0 atom stereocenters. The van der Waals surface area contributed by atoms with Crippen LogP contribution >= 0.6 is 0 Å². The molecule has 0 radical (unpaired) electrons. The predicted molar refractivity (Wildman–Crippen MR) is 46.0 cm³/mol. The van der Waals surface area contributed by atoms with E-state index in [1.54, 1.807) is 6.92 Å². The van der Waals surface area contributed by atoms with E-state index < -0.39 is 11.9 Å². The van der Waals surface area contributed by atoms with Crippen LogP contribution in [0.1, 0.15) is 26.5 Å². The van der Waals surface area contributed by atoms with Gasteiger partial charge in [0.2, 0.25) is 0 Å². The molecule has 0 aliphatic heterocycles. The number of aryl methyl sites for hydroxylation is 1. The topological polar surface area (TPSA) is 81.3 Å². The third-order valence-electron chi connectivity index (χ3n) is 1.72. The van der Waals surface area contributed by atoms with Gasteiger partial charge in [-0.15, -0.1) is 0 Å². The van der Waals surface area contributed by atoms with E-state index in [0.29, 0.717) is 5.69 Å². The van der Waals surface area contributed by atoms with Crippen molar-refractivity contribution in [2.45, 2.75) is 6.92 Å². The van der Waals surface area contributed by atoms with E-state index in [9.17, 15) is 9.59 Å². The third-order valence-corrected chi connectivity index (χ3v) is 1.72. The smallest absolute Gasteiger partial charge is 0.359 e. The second kappa shape index (κ2) is 3.91. The van der Waals surface area contributed by atoms with Gasteiger partial charge >= 0.3 is 11.9 Å². The Hall–Kier alpha value is -1.85. The second-order valence-electron chi connectivity index (χ2n) is 2.56. The van der Waals surface area contributed by atoms with Crippen LogP contribution in [0.15, 0.2) is 0 Å². The van der Waals surface area contributed by atoms with E-state index in [-0.39, 0.29) is 11.3 Å². The van der Waals surface area contributed by atoms with Crippen molar-refractivity contribution in [2.24, 2.45) is 0 Å². The van der Waals surface area contributed by atoms with E-state index in [0.717, 1.165) is 0 Å². The Balaban J connectivity index is 3.19. The van der Waals surface area contributed by atoms with Gasteiger partial charge in [0, 0.05) is 5.69 Å². The van der Waals surface area contributed by atoms with Crippen molar-refractivity contribution in [2.75, 3.05) is 14.2 Å². The third kappa shape index (κ3) is 1.59. The summed E-state index contributed by atoms with van der Waals surface area (Å²) in [7, 11) is 2.45. The highest BCUT2D eigenvalue weighted by atomic mass is 16.5. The lowest BCUT2D eigenvalue weighted by atomic mass is 10.2. The lowest BCUT2D eigenvalue weighted by Gasteiger charge is -1.99. The first kappa shape index (κ1) is 10.2. The van der Waals surface area contributed by atoms with E-state index >= 15 is 0 Å². The van der Waals surface area contributed by atoms with Crippen LogP contribution < -0.4 is 0 Å². The van der Waals surface area contributed by atoms with E-state index in [4.69, 9.17) is 0 Å². The summed E-state index contributed by atoms with van der Waals surface area (Å²) in [4.78, 5) is 22.4. The summed E-state index contributed by atoms with van der Waals surface area (Å²) in [5.41, 5.74) is 0.522. The van der Waals surface area contributed by atoms with Crippen LogP contribution in [0.25, 0.3) is 0 Å². The van der Waals surface area contributed by atoms with Crippen LogP contribution in [-0.4, -0.2) is 36.4 Å². The summed E-state index contributed by atoms with van der Waals surface area (Å²) < 4.78 is 8.96. The number of hydrogen-bond acceptors (Lipinski definition) is 5. The van der Waals surface area contributed by atoms with Gasteiger partial charge in [-0.2, -0.15) is 5.10 Å². The number of ether oxygens (including phenoxy) is 2. The largest absolute Gasteiger partial charge is 0.465 e. The molecule has 0 aliphatic carbocycles. The standard InChI is InChI=1S/C8H10N2O4/c1-4-5(7(11)13-2)6(10-9-4)8(12)14-3/h1-3H3,(H,9,10). The normalized spacial score (nSPS) is 9.64. The van der Waals surface area contributed by atoms with Crippen molar-refractivity contribution >= 4 is 11.9 Å². The van der Waals surface area contributed by atoms with Crippen LogP contribution in [-0.2, 0) is 9.47 Å². The molecule has 0 saturated heterocycles. The first-order valence-corrected chi connectivity index (χ1v) is 3.83. The molecule has 0 aliphatic rings. The number of aromatic nitrogens is 2. The zero-order chi connectivity index (χ0) is 10.7. The Bertz CT molecular complexity index is 369. The molecule has 0 spiro atoms. The molecular weight excluding hydrogens is 188 g/mol. The van der Waals surface area contributed by atoms with Crippen LogP contribution in [0.5, 0.6) is 0 Å². The minimum atomic E-state index is -0.672. The van der Waals surface area contributed by atoms with Crippen molar-refractivity contribution in [1.29, 1.82) is 0 Å². The van der Waals surface area contributed by atoms with Gasteiger partial charge in [0.15, 0.2) is 5.69 Å². The average Bonchev–Trinajstić information content (AvgIpc) is 2.58. The maximum Gasteiger partial charge on any atom is 0.359 e. The minimum absolute atomic E-state index is 0.0585. The SMILES string of the molecule is COC(=O)c1n[nH]c(C)c1C(=O)OC. The van der Waals surface area contributed by atoms with Gasteiger partial charge < -0.3 is 9.47 Å². The number of nitrogens with one attached hydrogen (secondary N) is 1. The number of carbonyl (C=O) groups excluding carboxylic acids is 2. The van der Waals surface area contributed by atoms with Gasteiger partial charge in [0.25, 0.3) is 0 Å². The molecule has 6 nitrogen and oxygen atoms in total. The Morgan fingerprint density at radius 3 is 2.29 bits per heavy atom. The maximum atomic E-state index is 11.2. The number of aromatic amines is 1. The van der Waals surface area contributed by atoms with Gasteiger partial charge in [0.1, 0.15) is 5.56 Å². The molecule has 0 bridgehead atoms. The number of nitrogens with zero attached hydrogens (tertiary/aromatic N) is 1. The van der Waals surface area contributed by atoms with Crippen LogP contribution in [0.3, 0.4) is 0 Å². The van der Waals surface area contributed by atoms with Gasteiger partial charge in [0.05, 0.1) is 14.2 Å². The molecule has 76 valence electrons. The summed E-state index contributed by atoms with van der Waals surface area (Å²) in [5.74, 6) is -1.29. The number of esters is 2. The molecule has 1 aromatic rings. The summed E-state index contributed by atoms with van der Waals surface area (Å²) in [6.07, 6.45) is 0. The molecule has 0 fully saturated rings. The number of hydrogen-bond donors (Lipinski definition) is 1.